The first kappa shape index (κ1) is 20.3. The molecule has 2 amide bonds. The monoisotopic (exact) mass is 392 g/mol. The molecule has 0 saturated heterocycles. The fraction of sp³-hybridized carbons (Fsp3) is 0.273. The third-order valence-electron chi connectivity index (χ3n) is 4.45. The van der Waals surface area contributed by atoms with Gasteiger partial charge in [-0.3, -0.25) is 14.6 Å². The molecule has 0 radical (unpaired) electrons. The Labute approximate surface area is 169 Å². The minimum atomic E-state index is -0.388. The van der Waals surface area contributed by atoms with E-state index in [-0.39, 0.29) is 23.6 Å². The number of benzene rings is 1. The van der Waals surface area contributed by atoms with E-state index >= 15 is 0 Å². The molecule has 0 aliphatic heterocycles. The molecule has 1 aromatic carbocycles. The summed E-state index contributed by atoms with van der Waals surface area (Å²) in [5, 5.41) is 9.48. The van der Waals surface area contributed by atoms with Crippen LogP contribution in [0.2, 0.25) is 0 Å². The minimum absolute atomic E-state index is 0.0887. The normalized spacial score (nSPS) is 11.7. The molecule has 3 aromatic rings. The van der Waals surface area contributed by atoms with Gasteiger partial charge in [0, 0.05) is 41.2 Å². The first-order valence-electron chi connectivity index (χ1n) is 9.40. The Morgan fingerprint density at radius 3 is 2.55 bits per heavy atom. The molecule has 2 heterocycles. The van der Waals surface area contributed by atoms with Gasteiger partial charge in [-0.05, 0) is 57.5 Å². The molecule has 0 aliphatic rings. The average molecular weight is 392 g/mol. The number of anilines is 1. The summed E-state index contributed by atoms with van der Waals surface area (Å²) in [6, 6.07) is 12.5. The van der Waals surface area contributed by atoms with Crippen LogP contribution in [0.5, 0.6) is 0 Å². The van der Waals surface area contributed by atoms with E-state index in [1.807, 2.05) is 39.0 Å². The van der Waals surface area contributed by atoms with Crippen molar-refractivity contribution in [1.82, 2.24) is 15.5 Å². The lowest BCUT2D eigenvalue weighted by Gasteiger charge is -2.15. The van der Waals surface area contributed by atoms with Crippen LogP contribution in [0, 0.1) is 20.8 Å². The molecular weight excluding hydrogens is 368 g/mol. The van der Waals surface area contributed by atoms with E-state index in [1.54, 1.807) is 31.2 Å². The smallest absolute Gasteiger partial charge is 0.277 e. The van der Waals surface area contributed by atoms with Crippen molar-refractivity contribution >= 4 is 17.5 Å². The Bertz CT molecular complexity index is 1040. The molecule has 7 nitrogen and oxygen atoms in total. The van der Waals surface area contributed by atoms with Gasteiger partial charge in [-0.1, -0.05) is 17.3 Å². The zero-order valence-corrected chi connectivity index (χ0v) is 16.9. The first-order valence-corrected chi connectivity index (χ1v) is 9.40. The quantitative estimate of drug-likeness (QED) is 0.668. The number of pyridine rings is 1. The number of hydrogen-bond donors (Lipinski definition) is 2. The van der Waals surface area contributed by atoms with E-state index in [9.17, 15) is 9.59 Å². The van der Waals surface area contributed by atoms with Gasteiger partial charge in [-0.2, -0.15) is 0 Å². The highest BCUT2D eigenvalue weighted by Crippen LogP contribution is 2.18. The molecule has 29 heavy (non-hydrogen) atoms. The molecule has 0 fully saturated rings. The molecule has 150 valence electrons. The zero-order chi connectivity index (χ0) is 21.0. The van der Waals surface area contributed by atoms with Crippen LogP contribution in [0.1, 0.15) is 50.5 Å². The SMILES string of the molecule is Cc1cccc(CC(C)NC(=O)c2ccc(C)c(NC(=O)c3cc(C)on3)c2)n1. The summed E-state index contributed by atoms with van der Waals surface area (Å²) < 4.78 is 4.94. The minimum Gasteiger partial charge on any atom is -0.361 e. The predicted molar refractivity (Wildman–Crippen MR) is 110 cm³/mol. The average Bonchev–Trinajstić information content (AvgIpc) is 3.10. The number of aryl methyl sites for hydroxylation is 3. The molecule has 3 rings (SSSR count). The van der Waals surface area contributed by atoms with Crippen molar-refractivity contribution in [2.75, 3.05) is 5.32 Å². The fourth-order valence-corrected chi connectivity index (χ4v) is 2.94. The van der Waals surface area contributed by atoms with E-state index in [1.165, 1.54) is 0 Å². The van der Waals surface area contributed by atoms with Gasteiger partial charge in [0.15, 0.2) is 5.69 Å². The lowest BCUT2D eigenvalue weighted by molar-refractivity contribution is 0.0938. The summed E-state index contributed by atoms with van der Waals surface area (Å²) in [5.41, 5.74) is 3.92. The van der Waals surface area contributed by atoms with Crippen molar-refractivity contribution in [3.63, 3.8) is 0 Å². The van der Waals surface area contributed by atoms with Gasteiger partial charge in [-0.25, -0.2) is 0 Å². The number of rotatable bonds is 6. The molecule has 1 unspecified atom stereocenters. The predicted octanol–water partition coefficient (Wildman–Crippen LogP) is 3.61. The first-order chi connectivity index (χ1) is 13.8. The summed E-state index contributed by atoms with van der Waals surface area (Å²) in [5.74, 6) is -0.0450. The van der Waals surface area contributed by atoms with Gasteiger partial charge in [0.1, 0.15) is 5.76 Å². The van der Waals surface area contributed by atoms with Crippen molar-refractivity contribution in [3.05, 3.63) is 76.4 Å². The molecule has 2 N–H and O–H groups in total. The highest BCUT2D eigenvalue weighted by Gasteiger charge is 2.15. The van der Waals surface area contributed by atoms with E-state index in [2.05, 4.69) is 20.8 Å². The van der Waals surface area contributed by atoms with Crippen molar-refractivity contribution in [1.29, 1.82) is 0 Å². The summed E-state index contributed by atoms with van der Waals surface area (Å²) in [6.07, 6.45) is 0.633. The summed E-state index contributed by atoms with van der Waals surface area (Å²) in [6.45, 7) is 7.45. The molecule has 0 aliphatic carbocycles. The van der Waals surface area contributed by atoms with Crippen LogP contribution in [0.4, 0.5) is 5.69 Å². The van der Waals surface area contributed by atoms with E-state index in [0.717, 1.165) is 17.0 Å². The molecular formula is C22H24N4O3. The molecule has 0 saturated carbocycles. The Kier molecular flexibility index (Phi) is 6.07. The summed E-state index contributed by atoms with van der Waals surface area (Å²) in [7, 11) is 0. The van der Waals surface area contributed by atoms with Gasteiger partial charge in [0.2, 0.25) is 0 Å². The second-order valence-corrected chi connectivity index (χ2v) is 7.16. The van der Waals surface area contributed by atoms with Gasteiger partial charge >= 0.3 is 0 Å². The number of carbonyl (C=O) groups is 2. The van der Waals surface area contributed by atoms with Crippen LogP contribution >= 0.6 is 0 Å². The Balaban J connectivity index is 1.67. The number of carbonyl (C=O) groups excluding carboxylic acids is 2. The summed E-state index contributed by atoms with van der Waals surface area (Å²) in [4.78, 5) is 29.5. The van der Waals surface area contributed by atoms with Crippen LogP contribution in [0.3, 0.4) is 0 Å². The van der Waals surface area contributed by atoms with Crippen molar-refractivity contribution in [2.24, 2.45) is 0 Å². The topological polar surface area (TPSA) is 97.1 Å². The van der Waals surface area contributed by atoms with Crippen LogP contribution in [-0.4, -0.2) is 28.0 Å². The third kappa shape index (κ3) is 5.28. The maximum atomic E-state index is 12.7. The highest BCUT2D eigenvalue weighted by atomic mass is 16.5. The standard InChI is InChI=1S/C22H24N4O3/c1-13-8-9-17(12-19(13)25-22(28)20-11-16(4)29-26-20)21(27)24-15(3)10-18-7-5-6-14(2)23-18/h5-9,11-12,15H,10H2,1-4H3,(H,24,27)(H,25,28). The molecule has 7 heteroatoms. The van der Waals surface area contributed by atoms with E-state index < -0.39 is 0 Å². The number of hydrogen-bond acceptors (Lipinski definition) is 5. The third-order valence-corrected chi connectivity index (χ3v) is 4.45. The largest absolute Gasteiger partial charge is 0.361 e. The van der Waals surface area contributed by atoms with Crippen LogP contribution in [-0.2, 0) is 6.42 Å². The van der Waals surface area contributed by atoms with Crippen LogP contribution in [0.25, 0.3) is 0 Å². The Morgan fingerprint density at radius 1 is 1.07 bits per heavy atom. The molecule has 0 spiro atoms. The number of nitrogens with zero attached hydrogens (tertiary/aromatic N) is 2. The molecule has 0 bridgehead atoms. The van der Waals surface area contributed by atoms with Crippen molar-refractivity contribution in [2.45, 2.75) is 40.2 Å². The summed E-state index contributed by atoms with van der Waals surface area (Å²) >= 11 is 0. The molecule has 1 atom stereocenters. The zero-order valence-electron chi connectivity index (χ0n) is 16.9. The van der Waals surface area contributed by atoms with Gasteiger partial charge in [0.25, 0.3) is 11.8 Å². The Morgan fingerprint density at radius 2 is 1.86 bits per heavy atom. The van der Waals surface area contributed by atoms with Gasteiger partial charge in [-0.15, -0.1) is 0 Å². The fourth-order valence-electron chi connectivity index (χ4n) is 2.94. The number of aromatic nitrogens is 2. The van der Waals surface area contributed by atoms with E-state index in [0.29, 0.717) is 23.4 Å². The Hall–Kier alpha value is -3.48. The highest BCUT2D eigenvalue weighted by molar-refractivity contribution is 6.04. The molecule has 2 aromatic heterocycles. The van der Waals surface area contributed by atoms with Crippen molar-refractivity contribution in [3.8, 4) is 0 Å². The van der Waals surface area contributed by atoms with Crippen LogP contribution < -0.4 is 10.6 Å². The van der Waals surface area contributed by atoms with Gasteiger partial charge in [0.05, 0.1) is 0 Å². The second kappa shape index (κ2) is 8.68. The van der Waals surface area contributed by atoms with Crippen LogP contribution in [0.15, 0.2) is 47.0 Å². The number of amides is 2. The maximum Gasteiger partial charge on any atom is 0.277 e. The van der Waals surface area contributed by atoms with E-state index in [4.69, 9.17) is 4.52 Å². The lowest BCUT2D eigenvalue weighted by Crippen LogP contribution is -2.34. The maximum absolute atomic E-state index is 12.7. The van der Waals surface area contributed by atoms with Crippen molar-refractivity contribution < 1.29 is 14.1 Å². The lowest BCUT2D eigenvalue weighted by atomic mass is 10.1. The second-order valence-electron chi connectivity index (χ2n) is 7.16. The number of nitrogens with one attached hydrogen (secondary N) is 2. The van der Waals surface area contributed by atoms with Gasteiger partial charge < -0.3 is 15.2 Å².